The Hall–Kier alpha value is -2.55. The molecule has 0 atom stereocenters. The second kappa shape index (κ2) is 7.36. The average Bonchev–Trinajstić information content (AvgIpc) is 3.04. The second-order valence-electron chi connectivity index (χ2n) is 7.35. The van der Waals surface area contributed by atoms with E-state index in [4.69, 9.17) is 0 Å². The number of rotatable bonds is 4. The summed E-state index contributed by atoms with van der Waals surface area (Å²) in [5.74, 6) is 0.851. The molecule has 1 fully saturated rings. The zero-order valence-corrected chi connectivity index (χ0v) is 15.4. The summed E-state index contributed by atoms with van der Waals surface area (Å²) in [6.45, 7) is 1.75. The van der Waals surface area contributed by atoms with E-state index in [1.807, 2.05) is 18.2 Å². The first kappa shape index (κ1) is 16.9. The van der Waals surface area contributed by atoms with E-state index < -0.39 is 0 Å². The molecule has 2 heterocycles. The molecule has 3 heteroatoms. The van der Waals surface area contributed by atoms with Crippen molar-refractivity contribution in [3.63, 3.8) is 0 Å². The lowest BCUT2D eigenvalue weighted by Crippen LogP contribution is -2.38. The molecule has 134 valence electrons. The Morgan fingerprint density at radius 1 is 1.00 bits per heavy atom. The van der Waals surface area contributed by atoms with Gasteiger partial charge in [-0.05, 0) is 42.4 Å². The Balaban J connectivity index is 1.37. The molecule has 4 rings (SSSR count). The van der Waals surface area contributed by atoms with E-state index in [-0.39, 0.29) is 0 Å². The van der Waals surface area contributed by atoms with Gasteiger partial charge < -0.3 is 9.47 Å². The fraction of sp³-hybridized carbons (Fsp3) is 0.348. The van der Waals surface area contributed by atoms with Gasteiger partial charge in [-0.2, -0.15) is 0 Å². The van der Waals surface area contributed by atoms with Gasteiger partial charge in [0.2, 0.25) is 5.91 Å². The van der Waals surface area contributed by atoms with E-state index in [9.17, 15) is 4.79 Å². The summed E-state index contributed by atoms with van der Waals surface area (Å²) in [4.78, 5) is 14.6. The highest BCUT2D eigenvalue weighted by molar-refractivity contribution is 5.84. The molecule has 3 aromatic rings. The molecule has 1 saturated heterocycles. The van der Waals surface area contributed by atoms with Crippen LogP contribution in [0.5, 0.6) is 0 Å². The SMILES string of the molecule is Cn1cc(C2CCN(C(=O)CCc3ccccc3)CC2)c2ccccc21. The number of hydrogen-bond donors (Lipinski definition) is 0. The number of carbonyl (C=O) groups is 1. The van der Waals surface area contributed by atoms with Gasteiger partial charge in [0.05, 0.1) is 0 Å². The molecule has 0 spiro atoms. The smallest absolute Gasteiger partial charge is 0.222 e. The van der Waals surface area contributed by atoms with Crippen LogP contribution in [0, 0.1) is 0 Å². The normalized spacial score (nSPS) is 15.5. The van der Waals surface area contributed by atoms with Crippen molar-refractivity contribution in [2.75, 3.05) is 13.1 Å². The van der Waals surface area contributed by atoms with Gasteiger partial charge in [-0.1, -0.05) is 48.5 Å². The van der Waals surface area contributed by atoms with Crippen LogP contribution in [0.25, 0.3) is 10.9 Å². The first-order valence-electron chi connectivity index (χ1n) is 9.58. The highest BCUT2D eigenvalue weighted by atomic mass is 16.2. The lowest BCUT2D eigenvalue weighted by Gasteiger charge is -2.32. The molecule has 0 aliphatic carbocycles. The monoisotopic (exact) mass is 346 g/mol. The fourth-order valence-corrected chi connectivity index (χ4v) is 4.19. The van der Waals surface area contributed by atoms with Gasteiger partial charge in [0.15, 0.2) is 0 Å². The molecular formula is C23H26N2O. The fourth-order valence-electron chi connectivity index (χ4n) is 4.19. The van der Waals surface area contributed by atoms with E-state index in [1.54, 1.807) is 0 Å². The van der Waals surface area contributed by atoms with Crippen molar-refractivity contribution in [2.45, 2.75) is 31.6 Å². The number of amides is 1. The lowest BCUT2D eigenvalue weighted by molar-refractivity contribution is -0.132. The van der Waals surface area contributed by atoms with Gasteiger partial charge in [-0.15, -0.1) is 0 Å². The number of benzene rings is 2. The highest BCUT2D eigenvalue weighted by Crippen LogP contribution is 2.34. The standard InChI is InChI=1S/C23H26N2O/c1-24-17-21(20-9-5-6-10-22(20)24)19-13-15-25(16-14-19)23(26)12-11-18-7-3-2-4-8-18/h2-10,17,19H,11-16H2,1H3. The Labute approximate surface area is 155 Å². The Bertz CT molecular complexity index is 889. The summed E-state index contributed by atoms with van der Waals surface area (Å²) in [6, 6.07) is 18.9. The van der Waals surface area contributed by atoms with Crippen LogP contribution in [0.2, 0.25) is 0 Å². The summed E-state index contributed by atoms with van der Waals surface area (Å²) in [5.41, 5.74) is 3.98. The number of para-hydroxylation sites is 1. The van der Waals surface area contributed by atoms with Gasteiger partial charge in [-0.3, -0.25) is 4.79 Å². The molecule has 0 bridgehead atoms. The zero-order valence-electron chi connectivity index (χ0n) is 15.4. The third-order valence-corrected chi connectivity index (χ3v) is 5.69. The molecule has 1 aliphatic rings. The van der Waals surface area contributed by atoms with Crippen LogP contribution < -0.4 is 0 Å². The number of nitrogens with zero attached hydrogens (tertiary/aromatic N) is 2. The van der Waals surface area contributed by atoms with Crippen molar-refractivity contribution in [1.82, 2.24) is 9.47 Å². The summed E-state index contributed by atoms with van der Waals surface area (Å²) in [6.07, 6.45) is 5.85. The number of carbonyl (C=O) groups excluding carboxylic acids is 1. The van der Waals surface area contributed by atoms with Crippen molar-refractivity contribution in [3.05, 3.63) is 71.9 Å². The number of piperidine rings is 1. The van der Waals surface area contributed by atoms with Crippen LogP contribution >= 0.6 is 0 Å². The van der Waals surface area contributed by atoms with Crippen molar-refractivity contribution in [1.29, 1.82) is 0 Å². The predicted octanol–water partition coefficient (Wildman–Crippen LogP) is 4.52. The van der Waals surface area contributed by atoms with Crippen molar-refractivity contribution in [3.8, 4) is 0 Å². The van der Waals surface area contributed by atoms with Gasteiger partial charge >= 0.3 is 0 Å². The first-order chi connectivity index (χ1) is 12.7. The van der Waals surface area contributed by atoms with Crippen molar-refractivity contribution >= 4 is 16.8 Å². The number of hydrogen-bond acceptors (Lipinski definition) is 1. The molecule has 3 nitrogen and oxygen atoms in total. The van der Waals surface area contributed by atoms with E-state index in [0.29, 0.717) is 18.2 Å². The molecule has 26 heavy (non-hydrogen) atoms. The predicted molar refractivity (Wildman–Crippen MR) is 106 cm³/mol. The molecule has 0 saturated carbocycles. The van der Waals surface area contributed by atoms with Crippen molar-refractivity contribution < 1.29 is 4.79 Å². The minimum atomic E-state index is 0.297. The number of aryl methyl sites for hydroxylation is 2. The van der Waals surface area contributed by atoms with Crippen LogP contribution in [0.4, 0.5) is 0 Å². The Morgan fingerprint density at radius 3 is 2.46 bits per heavy atom. The summed E-state index contributed by atoms with van der Waals surface area (Å²) >= 11 is 0. The van der Waals surface area contributed by atoms with Gasteiger partial charge in [0, 0.05) is 43.7 Å². The molecule has 1 amide bonds. The van der Waals surface area contributed by atoms with Crippen LogP contribution in [0.3, 0.4) is 0 Å². The summed E-state index contributed by atoms with van der Waals surface area (Å²) in [7, 11) is 2.12. The van der Waals surface area contributed by atoms with Crippen LogP contribution in [0.1, 0.15) is 36.3 Å². The number of likely N-dealkylation sites (tertiary alicyclic amines) is 1. The molecule has 0 radical (unpaired) electrons. The van der Waals surface area contributed by atoms with Crippen LogP contribution in [-0.4, -0.2) is 28.5 Å². The third kappa shape index (κ3) is 3.39. The molecule has 1 aromatic heterocycles. The average molecular weight is 346 g/mol. The van der Waals surface area contributed by atoms with Crippen molar-refractivity contribution in [2.24, 2.45) is 7.05 Å². The first-order valence-corrected chi connectivity index (χ1v) is 9.58. The molecule has 2 aromatic carbocycles. The Kier molecular flexibility index (Phi) is 4.79. The maximum atomic E-state index is 12.6. The summed E-state index contributed by atoms with van der Waals surface area (Å²) in [5, 5.41) is 1.36. The van der Waals surface area contributed by atoms with Crippen LogP contribution in [-0.2, 0) is 18.3 Å². The minimum Gasteiger partial charge on any atom is -0.350 e. The molecule has 0 unspecified atom stereocenters. The third-order valence-electron chi connectivity index (χ3n) is 5.69. The maximum Gasteiger partial charge on any atom is 0.222 e. The highest BCUT2D eigenvalue weighted by Gasteiger charge is 2.25. The van der Waals surface area contributed by atoms with E-state index in [1.165, 1.54) is 22.0 Å². The lowest BCUT2D eigenvalue weighted by atomic mass is 9.89. The van der Waals surface area contributed by atoms with Gasteiger partial charge in [-0.25, -0.2) is 0 Å². The maximum absolute atomic E-state index is 12.6. The molecular weight excluding hydrogens is 320 g/mol. The molecule has 0 N–H and O–H groups in total. The number of aromatic nitrogens is 1. The minimum absolute atomic E-state index is 0.297. The molecule has 1 aliphatic heterocycles. The van der Waals surface area contributed by atoms with E-state index in [2.05, 4.69) is 59.1 Å². The summed E-state index contributed by atoms with van der Waals surface area (Å²) < 4.78 is 2.22. The largest absolute Gasteiger partial charge is 0.350 e. The Morgan fingerprint density at radius 2 is 1.69 bits per heavy atom. The number of fused-ring (bicyclic) bond motifs is 1. The zero-order chi connectivity index (χ0) is 17.9. The van der Waals surface area contributed by atoms with E-state index in [0.717, 1.165) is 32.4 Å². The van der Waals surface area contributed by atoms with Gasteiger partial charge in [0.25, 0.3) is 0 Å². The van der Waals surface area contributed by atoms with E-state index >= 15 is 0 Å². The topological polar surface area (TPSA) is 25.2 Å². The van der Waals surface area contributed by atoms with Gasteiger partial charge in [0.1, 0.15) is 0 Å². The second-order valence-corrected chi connectivity index (χ2v) is 7.35. The quantitative estimate of drug-likeness (QED) is 0.682. The van der Waals surface area contributed by atoms with Crippen LogP contribution in [0.15, 0.2) is 60.8 Å².